The first-order chi connectivity index (χ1) is 12.6. The third-order valence-electron chi connectivity index (χ3n) is 4.69. The average molecular weight is 372 g/mol. The number of nitrogens with zero attached hydrogens (tertiary/aromatic N) is 2. The number of benzene rings is 1. The highest BCUT2D eigenvalue weighted by Gasteiger charge is 2.25. The Bertz CT molecular complexity index is 712. The number of hydrogen-bond acceptors (Lipinski definition) is 4. The number of nitrogens with one attached hydrogen (secondary N) is 1. The third kappa shape index (κ3) is 4.71. The van der Waals surface area contributed by atoms with Crippen molar-refractivity contribution < 1.29 is 9.59 Å². The number of carbonyl (C=O) groups is 2. The molecule has 1 aliphatic heterocycles. The number of likely N-dealkylation sites (N-methyl/N-ethyl adjacent to an activating group) is 1. The van der Waals surface area contributed by atoms with E-state index in [1.807, 2.05) is 18.2 Å². The molecular formula is C20H25N3O2S. The SMILES string of the molecule is CN(CC(=O)NCC(c1cccs1)N1CCCC1)C(=O)c1ccccc1. The molecule has 0 radical (unpaired) electrons. The summed E-state index contributed by atoms with van der Waals surface area (Å²) in [7, 11) is 1.66. The summed E-state index contributed by atoms with van der Waals surface area (Å²) in [4.78, 5) is 29.9. The van der Waals surface area contributed by atoms with Crippen LogP contribution in [0.15, 0.2) is 47.8 Å². The molecule has 0 aliphatic carbocycles. The molecule has 26 heavy (non-hydrogen) atoms. The van der Waals surface area contributed by atoms with Crippen molar-refractivity contribution in [2.24, 2.45) is 0 Å². The fourth-order valence-electron chi connectivity index (χ4n) is 3.30. The van der Waals surface area contributed by atoms with Crippen LogP contribution >= 0.6 is 11.3 Å². The summed E-state index contributed by atoms with van der Waals surface area (Å²) in [6.45, 7) is 2.78. The third-order valence-corrected chi connectivity index (χ3v) is 5.67. The average Bonchev–Trinajstić information content (AvgIpc) is 3.36. The van der Waals surface area contributed by atoms with Crippen molar-refractivity contribution in [1.82, 2.24) is 15.1 Å². The second-order valence-corrected chi connectivity index (χ2v) is 7.58. The van der Waals surface area contributed by atoms with Crippen LogP contribution in [-0.4, -0.2) is 54.8 Å². The smallest absolute Gasteiger partial charge is 0.254 e. The molecule has 2 heterocycles. The Hall–Kier alpha value is -2.18. The van der Waals surface area contributed by atoms with Gasteiger partial charge in [-0.2, -0.15) is 0 Å². The second-order valence-electron chi connectivity index (χ2n) is 6.61. The van der Waals surface area contributed by atoms with Crippen molar-refractivity contribution in [2.75, 3.05) is 33.2 Å². The van der Waals surface area contributed by atoms with Gasteiger partial charge in [0.1, 0.15) is 0 Å². The zero-order chi connectivity index (χ0) is 18.4. The van der Waals surface area contributed by atoms with E-state index in [0.29, 0.717) is 12.1 Å². The van der Waals surface area contributed by atoms with Crippen LogP contribution in [0, 0.1) is 0 Å². The topological polar surface area (TPSA) is 52.7 Å². The Morgan fingerprint density at radius 1 is 1.15 bits per heavy atom. The summed E-state index contributed by atoms with van der Waals surface area (Å²) in [5.74, 6) is -0.271. The van der Waals surface area contributed by atoms with Crippen molar-refractivity contribution in [3.8, 4) is 0 Å². The quantitative estimate of drug-likeness (QED) is 0.814. The Balaban J connectivity index is 1.54. The monoisotopic (exact) mass is 371 g/mol. The Kier molecular flexibility index (Phi) is 6.41. The lowest BCUT2D eigenvalue weighted by molar-refractivity contribution is -0.121. The molecule has 1 aromatic carbocycles. The molecule has 1 saturated heterocycles. The van der Waals surface area contributed by atoms with Gasteiger partial charge in [0, 0.05) is 24.0 Å². The van der Waals surface area contributed by atoms with E-state index in [1.165, 1.54) is 22.6 Å². The number of hydrogen-bond donors (Lipinski definition) is 1. The molecular weight excluding hydrogens is 346 g/mol. The summed E-state index contributed by atoms with van der Waals surface area (Å²) in [5, 5.41) is 5.09. The van der Waals surface area contributed by atoms with Gasteiger partial charge in [0.2, 0.25) is 5.91 Å². The minimum absolute atomic E-state index is 0.0604. The van der Waals surface area contributed by atoms with Gasteiger partial charge in [0.15, 0.2) is 0 Å². The summed E-state index contributed by atoms with van der Waals surface area (Å²) < 4.78 is 0. The van der Waals surface area contributed by atoms with Crippen LogP contribution in [-0.2, 0) is 4.79 Å². The summed E-state index contributed by atoms with van der Waals surface area (Å²) >= 11 is 1.73. The molecule has 0 saturated carbocycles. The normalized spacial score (nSPS) is 15.6. The van der Waals surface area contributed by atoms with E-state index in [2.05, 4.69) is 27.7 Å². The van der Waals surface area contributed by atoms with Gasteiger partial charge >= 0.3 is 0 Å². The number of carbonyl (C=O) groups excluding carboxylic acids is 2. The lowest BCUT2D eigenvalue weighted by Gasteiger charge is -2.27. The highest BCUT2D eigenvalue weighted by Crippen LogP contribution is 2.27. The molecule has 1 aromatic heterocycles. The molecule has 5 nitrogen and oxygen atoms in total. The highest BCUT2D eigenvalue weighted by molar-refractivity contribution is 7.10. The van der Waals surface area contributed by atoms with E-state index in [-0.39, 0.29) is 24.4 Å². The molecule has 0 bridgehead atoms. The molecule has 6 heteroatoms. The largest absolute Gasteiger partial charge is 0.353 e. The van der Waals surface area contributed by atoms with Crippen molar-refractivity contribution in [1.29, 1.82) is 0 Å². The molecule has 1 atom stereocenters. The van der Waals surface area contributed by atoms with Crippen molar-refractivity contribution in [2.45, 2.75) is 18.9 Å². The predicted molar refractivity (Wildman–Crippen MR) is 104 cm³/mol. The molecule has 1 N–H and O–H groups in total. The maximum atomic E-state index is 12.4. The maximum Gasteiger partial charge on any atom is 0.254 e. The molecule has 2 amide bonds. The van der Waals surface area contributed by atoms with Crippen molar-refractivity contribution in [3.63, 3.8) is 0 Å². The van der Waals surface area contributed by atoms with Gasteiger partial charge in [0.05, 0.1) is 12.6 Å². The zero-order valence-corrected chi connectivity index (χ0v) is 15.9. The van der Waals surface area contributed by atoms with E-state index in [4.69, 9.17) is 0 Å². The van der Waals surface area contributed by atoms with Crippen LogP contribution in [0.5, 0.6) is 0 Å². The van der Waals surface area contributed by atoms with Crippen LogP contribution < -0.4 is 5.32 Å². The van der Waals surface area contributed by atoms with Crippen LogP contribution in [0.4, 0.5) is 0 Å². The predicted octanol–water partition coefficient (Wildman–Crippen LogP) is 2.77. The highest BCUT2D eigenvalue weighted by atomic mass is 32.1. The first-order valence-corrected chi connectivity index (χ1v) is 9.88. The van der Waals surface area contributed by atoms with Crippen LogP contribution in [0.2, 0.25) is 0 Å². The molecule has 138 valence electrons. The number of likely N-dealkylation sites (tertiary alicyclic amines) is 1. The van der Waals surface area contributed by atoms with E-state index in [1.54, 1.807) is 30.5 Å². The molecule has 3 rings (SSSR count). The summed E-state index contributed by atoms with van der Waals surface area (Å²) in [6, 6.07) is 13.4. The van der Waals surface area contributed by atoms with Gasteiger partial charge in [-0.3, -0.25) is 14.5 Å². The maximum absolute atomic E-state index is 12.4. The van der Waals surface area contributed by atoms with Gasteiger partial charge in [-0.05, 0) is 49.5 Å². The molecule has 1 fully saturated rings. The minimum Gasteiger partial charge on any atom is -0.353 e. The molecule has 1 aliphatic rings. The van der Waals surface area contributed by atoms with Gasteiger partial charge < -0.3 is 10.2 Å². The minimum atomic E-state index is -0.143. The van der Waals surface area contributed by atoms with Gasteiger partial charge in [-0.1, -0.05) is 24.3 Å². The Morgan fingerprint density at radius 2 is 1.88 bits per heavy atom. The second kappa shape index (κ2) is 8.96. The fraction of sp³-hybridized carbons (Fsp3) is 0.400. The number of thiophene rings is 1. The zero-order valence-electron chi connectivity index (χ0n) is 15.1. The molecule has 0 spiro atoms. The first kappa shape index (κ1) is 18.6. The lowest BCUT2D eigenvalue weighted by atomic mass is 10.2. The van der Waals surface area contributed by atoms with Gasteiger partial charge in [0.25, 0.3) is 5.91 Å². The van der Waals surface area contributed by atoms with E-state index in [9.17, 15) is 9.59 Å². The van der Waals surface area contributed by atoms with Crippen molar-refractivity contribution in [3.05, 3.63) is 58.3 Å². The number of rotatable bonds is 7. The summed E-state index contributed by atoms with van der Waals surface area (Å²) in [6.07, 6.45) is 2.42. The number of amides is 2. The lowest BCUT2D eigenvalue weighted by Crippen LogP contribution is -2.42. The Morgan fingerprint density at radius 3 is 2.54 bits per heavy atom. The molecule has 2 aromatic rings. The summed E-state index contributed by atoms with van der Waals surface area (Å²) in [5.41, 5.74) is 0.594. The van der Waals surface area contributed by atoms with Crippen LogP contribution in [0.25, 0.3) is 0 Å². The Labute approximate surface area is 158 Å². The first-order valence-electron chi connectivity index (χ1n) is 9.00. The fourth-order valence-corrected chi connectivity index (χ4v) is 4.16. The van der Waals surface area contributed by atoms with E-state index < -0.39 is 0 Å². The van der Waals surface area contributed by atoms with Gasteiger partial charge in [-0.15, -0.1) is 11.3 Å². The van der Waals surface area contributed by atoms with E-state index in [0.717, 1.165) is 13.1 Å². The van der Waals surface area contributed by atoms with E-state index >= 15 is 0 Å². The standard InChI is InChI=1S/C20H25N3O2S/c1-22(20(25)16-8-3-2-4-9-16)15-19(24)21-14-17(18-10-7-13-26-18)23-11-5-6-12-23/h2-4,7-10,13,17H,5-6,11-12,14-15H2,1H3,(H,21,24). The molecule has 1 unspecified atom stereocenters. The van der Waals surface area contributed by atoms with Crippen LogP contribution in [0.3, 0.4) is 0 Å². The van der Waals surface area contributed by atoms with Gasteiger partial charge in [-0.25, -0.2) is 0 Å². The van der Waals surface area contributed by atoms with Crippen LogP contribution in [0.1, 0.15) is 34.1 Å². The van der Waals surface area contributed by atoms with Crippen molar-refractivity contribution >= 4 is 23.2 Å².